The van der Waals surface area contributed by atoms with E-state index in [2.05, 4.69) is 10.3 Å². The number of hydrogen-bond donors (Lipinski definition) is 2. The molecule has 17 heavy (non-hydrogen) atoms. The van der Waals surface area contributed by atoms with Crippen molar-refractivity contribution in [2.75, 3.05) is 5.32 Å². The minimum Gasteiger partial charge on any atom is -0.368 e. The molecule has 0 saturated carbocycles. The molecule has 7 heteroatoms. The van der Waals surface area contributed by atoms with Gasteiger partial charge in [-0.2, -0.15) is 0 Å². The standard InChI is InChI=1S/C10H14N4O3/c1-6(2)9(10(11)15)13-8-4-3-7(5-12-8)14(16)17/h3-6,9H,1-2H3,(H2,11,15)(H,12,13). The van der Waals surface area contributed by atoms with E-state index in [0.29, 0.717) is 5.82 Å². The second-order valence-corrected chi connectivity index (χ2v) is 3.93. The number of anilines is 1. The molecule has 7 nitrogen and oxygen atoms in total. The van der Waals surface area contributed by atoms with E-state index in [0.717, 1.165) is 6.20 Å². The number of rotatable bonds is 5. The number of nitrogens with zero attached hydrogens (tertiary/aromatic N) is 2. The van der Waals surface area contributed by atoms with Crippen LogP contribution in [0.4, 0.5) is 11.5 Å². The van der Waals surface area contributed by atoms with Gasteiger partial charge < -0.3 is 11.1 Å². The first-order chi connectivity index (χ1) is 7.91. The number of hydrogen-bond acceptors (Lipinski definition) is 5. The van der Waals surface area contributed by atoms with E-state index >= 15 is 0 Å². The Bertz CT molecular complexity index is 416. The van der Waals surface area contributed by atoms with Crippen molar-refractivity contribution in [3.05, 3.63) is 28.4 Å². The molecule has 1 amide bonds. The number of carbonyl (C=O) groups excluding carboxylic acids is 1. The number of nitrogens with one attached hydrogen (secondary N) is 1. The maximum atomic E-state index is 11.1. The zero-order valence-electron chi connectivity index (χ0n) is 9.58. The van der Waals surface area contributed by atoms with Crippen molar-refractivity contribution in [3.63, 3.8) is 0 Å². The fourth-order valence-corrected chi connectivity index (χ4v) is 1.31. The number of primary amides is 1. The summed E-state index contributed by atoms with van der Waals surface area (Å²) in [5.41, 5.74) is 5.12. The van der Waals surface area contributed by atoms with Crippen molar-refractivity contribution in [1.29, 1.82) is 0 Å². The first kappa shape index (κ1) is 12.9. The monoisotopic (exact) mass is 238 g/mol. The largest absolute Gasteiger partial charge is 0.368 e. The van der Waals surface area contributed by atoms with Gasteiger partial charge in [0.05, 0.1) is 4.92 Å². The number of aromatic nitrogens is 1. The summed E-state index contributed by atoms with van der Waals surface area (Å²) in [5, 5.41) is 13.3. The molecule has 0 spiro atoms. The summed E-state index contributed by atoms with van der Waals surface area (Å²) in [7, 11) is 0. The molecular weight excluding hydrogens is 224 g/mol. The van der Waals surface area contributed by atoms with Gasteiger partial charge in [0.25, 0.3) is 5.69 Å². The lowest BCUT2D eigenvalue weighted by Crippen LogP contribution is -2.39. The van der Waals surface area contributed by atoms with Crippen LogP contribution in [0.3, 0.4) is 0 Å². The van der Waals surface area contributed by atoms with E-state index in [4.69, 9.17) is 5.73 Å². The number of carbonyl (C=O) groups is 1. The van der Waals surface area contributed by atoms with Crippen LogP contribution >= 0.6 is 0 Å². The second-order valence-electron chi connectivity index (χ2n) is 3.93. The van der Waals surface area contributed by atoms with Crippen LogP contribution in [-0.2, 0) is 4.79 Å². The third kappa shape index (κ3) is 3.40. The molecule has 1 aromatic heterocycles. The predicted octanol–water partition coefficient (Wildman–Crippen LogP) is 0.912. The van der Waals surface area contributed by atoms with Gasteiger partial charge in [-0.25, -0.2) is 4.98 Å². The first-order valence-electron chi connectivity index (χ1n) is 5.08. The Balaban J connectivity index is 2.80. The van der Waals surface area contributed by atoms with Gasteiger partial charge in [-0.15, -0.1) is 0 Å². The predicted molar refractivity (Wildman–Crippen MR) is 62.3 cm³/mol. The van der Waals surface area contributed by atoms with Crippen molar-refractivity contribution < 1.29 is 9.72 Å². The molecule has 0 radical (unpaired) electrons. The molecular formula is C10H14N4O3. The zero-order valence-corrected chi connectivity index (χ0v) is 9.58. The Hall–Kier alpha value is -2.18. The van der Waals surface area contributed by atoms with Gasteiger partial charge in [0.2, 0.25) is 5.91 Å². The van der Waals surface area contributed by atoms with Crippen LogP contribution < -0.4 is 11.1 Å². The summed E-state index contributed by atoms with van der Waals surface area (Å²) in [6, 6.07) is 2.20. The second kappa shape index (κ2) is 5.24. The van der Waals surface area contributed by atoms with Crippen LogP contribution in [0.25, 0.3) is 0 Å². The summed E-state index contributed by atoms with van der Waals surface area (Å²) in [6.07, 6.45) is 1.13. The third-order valence-corrected chi connectivity index (χ3v) is 2.24. The number of nitrogens with two attached hydrogens (primary N) is 1. The molecule has 0 aliphatic rings. The highest BCUT2D eigenvalue weighted by molar-refractivity contribution is 5.82. The molecule has 0 aliphatic carbocycles. The Morgan fingerprint density at radius 1 is 1.53 bits per heavy atom. The maximum absolute atomic E-state index is 11.1. The Morgan fingerprint density at radius 2 is 2.18 bits per heavy atom. The lowest BCUT2D eigenvalue weighted by atomic mass is 10.0. The van der Waals surface area contributed by atoms with Crippen molar-refractivity contribution in [3.8, 4) is 0 Å². The molecule has 1 unspecified atom stereocenters. The van der Waals surface area contributed by atoms with Crippen molar-refractivity contribution >= 4 is 17.4 Å². The molecule has 1 aromatic rings. The number of nitro groups is 1. The van der Waals surface area contributed by atoms with Gasteiger partial charge in [-0.1, -0.05) is 13.8 Å². The normalized spacial score (nSPS) is 12.2. The average molecular weight is 238 g/mol. The van der Waals surface area contributed by atoms with Gasteiger partial charge >= 0.3 is 0 Å². The van der Waals surface area contributed by atoms with Crippen molar-refractivity contribution in [2.45, 2.75) is 19.9 Å². The SMILES string of the molecule is CC(C)C(Nc1ccc([N+](=O)[O-])cn1)C(N)=O. The van der Waals surface area contributed by atoms with Crippen LogP contribution in [-0.4, -0.2) is 21.9 Å². The summed E-state index contributed by atoms with van der Waals surface area (Å²) in [5.74, 6) is -0.0993. The van der Waals surface area contributed by atoms with E-state index in [1.807, 2.05) is 13.8 Å². The van der Waals surface area contributed by atoms with Gasteiger partial charge in [0.15, 0.2) is 0 Å². The average Bonchev–Trinajstić information content (AvgIpc) is 2.25. The highest BCUT2D eigenvalue weighted by atomic mass is 16.6. The molecule has 3 N–H and O–H groups in total. The highest BCUT2D eigenvalue weighted by Gasteiger charge is 2.19. The highest BCUT2D eigenvalue weighted by Crippen LogP contribution is 2.14. The van der Waals surface area contributed by atoms with Crippen LogP contribution in [0.5, 0.6) is 0 Å². The molecule has 1 atom stereocenters. The Labute approximate surface area is 98.2 Å². The fraction of sp³-hybridized carbons (Fsp3) is 0.400. The van der Waals surface area contributed by atoms with Crippen LogP contribution in [0, 0.1) is 16.0 Å². The third-order valence-electron chi connectivity index (χ3n) is 2.24. The summed E-state index contributed by atoms with van der Waals surface area (Å²) in [4.78, 5) is 24.9. The maximum Gasteiger partial charge on any atom is 0.287 e. The first-order valence-corrected chi connectivity index (χ1v) is 5.08. The topological polar surface area (TPSA) is 111 Å². The molecule has 0 bridgehead atoms. The minimum absolute atomic E-state index is 0.00416. The van der Waals surface area contributed by atoms with Crippen molar-refractivity contribution in [2.24, 2.45) is 11.7 Å². The Kier molecular flexibility index (Phi) is 3.97. The summed E-state index contributed by atoms with van der Waals surface area (Å²) in [6.45, 7) is 3.68. The molecule has 0 aliphatic heterocycles. The Morgan fingerprint density at radius 3 is 2.53 bits per heavy atom. The molecule has 0 aromatic carbocycles. The van der Waals surface area contributed by atoms with Crippen LogP contribution in [0.1, 0.15) is 13.8 Å². The van der Waals surface area contributed by atoms with E-state index in [-0.39, 0.29) is 11.6 Å². The lowest BCUT2D eigenvalue weighted by Gasteiger charge is -2.19. The van der Waals surface area contributed by atoms with Crippen molar-refractivity contribution in [1.82, 2.24) is 4.98 Å². The lowest BCUT2D eigenvalue weighted by molar-refractivity contribution is -0.385. The van der Waals surface area contributed by atoms with Gasteiger partial charge in [-0.05, 0) is 12.0 Å². The van der Waals surface area contributed by atoms with Gasteiger partial charge in [0, 0.05) is 6.07 Å². The quantitative estimate of drug-likeness (QED) is 0.585. The van der Waals surface area contributed by atoms with Gasteiger partial charge in [-0.3, -0.25) is 14.9 Å². The minimum atomic E-state index is -0.552. The zero-order chi connectivity index (χ0) is 13.0. The molecule has 1 rings (SSSR count). The summed E-state index contributed by atoms with van der Waals surface area (Å²) >= 11 is 0. The van der Waals surface area contributed by atoms with E-state index in [1.165, 1.54) is 12.1 Å². The van der Waals surface area contributed by atoms with Crippen LogP contribution in [0.15, 0.2) is 18.3 Å². The van der Waals surface area contributed by atoms with Crippen LogP contribution in [0.2, 0.25) is 0 Å². The number of pyridine rings is 1. The van der Waals surface area contributed by atoms with E-state index in [1.54, 1.807) is 0 Å². The molecule has 92 valence electrons. The van der Waals surface area contributed by atoms with Gasteiger partial charge in [0.1, 0.15) is 18.1 Å². The molecule has 0 fully saturated rings. The number of amides is 1. The van der Waals surface area contributed by atoms with E-state index in [9.17, 15) is 14.9 Å². The summed E-state index contributed by atoms with van der Waals surface area (Å²) < 4.78 is 0. The molecule has 1 heterocycles. The molecule has 0 saturated heterocycles. The smallest absolute Gasteiger partial charge is 0.287 e. The fourth-order valence-electron chi connectivity index (χ4n) is 1.31. The van der Waals surface area contributed by atoms with E-state index < -0.39 is 16.9 Å².